The molecule has 1 aliphatic carbocycles. The molecule has 0 bridgehead atoms. The molecule has 1 saturated carbocycles. The standard InChI is InChI=1S/C16H27NO3/c1-10(2)12-4-6-13(7-5-12)15(18)17-9-8-14(11(17)3)16(19)20/h10-14H,4-9H2,1-3H3,(H,19,20). The second kappa shape index (κ2) is 6.15. The number of amides is 1. The number of likely N-dealkylation sites (tertiary alicyclic amines) is 1. The summed E-state index contributed by atoms with van der Waals surface area (Å²) in [4.78, 5) is 25.5. The highest BCUT2D eigenvalue weighted by Crippen LogP contribution is 2.36. The molecule has 4 nitrogen and oxygen atoms in total. The van der Waals surface area contributed by atoms with Crippen molar-refractivity contribution >= 4 is 11.9 Å². The molecule has 1 aliphatic heterocycles. The van der Waals surface area contributed by atoms with Crippen LogP contribution in [0.3, 0.4) is 0 Å². The number of carboxylic acids is 1. The Kier molecular flexibility index (Phi) is 4.71. The van der Waals surface area contributed by atoms with Gasteiger partial charge in [0.1, 0.15) is 0 Å². The van der Waals surface area contributed by atoms with Crippen LogP contribution in [0.5, 0.6) is 0 Å². The minimum absolute atomic E-state index is 0.125. The highest BCUT2D eigenvalue weighted by molar-refractivity contribution is 5.81. The lowest BCUT2D eigenvalue weighted by Gasteiger charge is -2.34. The highest BCUT2D eigenvalue weighted by atomic mass is 16.4. The van der Waals surface area contributed by atoms with Gasteiger partial charge in [-0.05, 0) is 50.9 Å². The quantitative estimate of drug-likeness (QED) is 0.865. The van der Waals surface area contributed by atoms with E-state index in [9.17, 15) is 9.59 Å². The monoisotopic (exact) mass is 281 g/mol. The van der Waals surface area contributed by atoms with Crippen LogP contribution in [0.4, 0.5) is 0 Å². The molecule has 1 saturated heterocycles. The molecule has 4 heteroatoms. The minimum atomic E-state index is -0.767. The van der Waals surface area contributed by atoms with Crippen molar-refractivity contribution in [1.29, 1.82) is 0 Å². The van der Waals surface area contributed by atoms with Crippen LogP contribution in [0.15, 0.2) is 0 Å². The molecular formula is C16H27NO3. The smallest absolute Gasteiger partial charge is 0.308 e. The van der Waals surface area contributed by atoms with Gasteiger partial charge in [-0.1, -0.05) is 13.8 Å². The molecule has 1 N–H and O–H groups in total. The molecule has 0 aromatic heterocycles. The van der Waals surface area contributed by atoms with Gasteiger partial charge >= 0.3 is 5.97 Å². The molecule has 1 amide bonds. The van der Waals surface area contributed by atoms with Gasteiger partial charge in [-0.15, -0.1) is 0 Å². The first-order valence-electron chi connectivity index (χ1n) is 7.95. The van der Waals surface area contributed by atoms with Crippen molar-refractivity contribution in [3.63, 3.8) is 0 Å². The molecule has 0 aromatic carbocycles. The largest absolute Gasteiger partial charge is 0.481 e. The van der Waals surface area contributed by atoms with Crippen LogP contribution >= 0.6 is 0 Å². The van der Waals surface area contributed by atoms with Crippen LogP contribution in [0.1, 0.15) is 52.9 Å². The third kappa shape index (κ3) is 2.99. The van der Waals surface area contributed by atoms with Crippen LogP contribution in [-0.2, 0) is 9.59 Å². The van der Waals surface area contributed by atoms with Gasteiger partial charge in [-0.3, -0.25) is 9.59 Å². The predicted octanol–water partition coefficient (Wildman–Crippen LogP) is 2.77. The number of carbonyl (C=O) groups is 2. The van der Waals surface area contributed by atoms with Crippen molar-refractivity contribution in [2.24, 2.45) is 23.7 Å². The molecule has 2 atom stereocenters. The van der Waals surface area contributed by atoms with Gasteiger partial charge < -0.3 is 10.0 Å². The second-order valence-corrected chi connectivity index (χ2v) is 6.86. The molecule has 2 rings (SSSR count). The normalized spacial score (nSPS) is 34.5. The zero-order chi connectivity index (χ0) is 14.9. The van der Waals surface area contributed by atoms with Crippen molar-refractivity contribution < 1.29 is 14.7 Å². The summed E-state index contributed by atoms with van der Waals surface area (Å²) in [6.07, 6.45) is 4.83. The van der Waals surface area contributed by atoms with E-state index in [1.807, 2.05) is 11.8 Å². The molecule has 114 valence electrons. The molecule has 20 heavy (non-hydrogen) atoms. The predicted molar refractivity (Wildman–Crippen MR) is 77.2 cm³/mol. The molecule has 0 spiro atoms. The van der Waals surface area contributed by atoms with Crippen molar-refractivity contribution in [2.45, 2.75) is 58.9 Å². The lowest BCUT2D eigenvalue weighted by molar-refractivity contribution is -0.144. The summed E-state index contributed by atoms with van der Waals surface area (Å²) >= 11 is 0. The Morgan fingerprint density at radius 1 is 1.10 bits per heavy atom. The summed E-state index contributed by atoms with van der Waals surface area (Å²) in [5, 5.41) is 9.15. The van der Waals surface area contributed by atoms with Crippen molar-refractivity contribution in [1.82, 2.24) is 4.90 Å². The third-order valence-electron chi connectivity index (χ3n) is 5.42. The van der Waals surface area contributed by atoms with Gasteiger partial charge in [0.2, 0.25) is 5.91 Å². The summed E-state index contributed by atoms with van der Waals surface area (Å²) in [5.74, 6) is 0.626. The first-order valence-corrected chi connectivity index (χ1v) is 7.95. The summed E-state index contributed by atoms with van der Waals surface area (Å²) in [5.41, 5.74) is 0. The first kappa shape index (κ1) is 15.3. The maximum absolute atomic E-state index is 12.6. The van der Waals surface area contributed by atoms with E-state index in [2.05, 4.69) is 13.8 Å². The van der Waals surface area contributed by atoms with E-state index < -0.39 is 5.97 Å². The average molecular weight is 281 g/mol. The van der Waals surface area contributed by atoms with Crippen molar-refractivity contribution in [3.8, 4) is 0 Å². The highest BCUT2D eigenvalue weighted by Gasteiger charge is 2.40. The fraction of sp³-hybridized carbons (Fsp3) is 0.875. The van der Waals surface area contributed by atoms with Crippen LogP contribution in [0.25, 0.3) is 0 Å². The van der Waals surface area contributed by atoms with Gasteiger partial charge in [0, 0.05) is 18.5 Å². The van der Waals surface area contributed by atoms with E-state index in [0.29, 0.717) is 18.9 Å². The zero-order valence-corrected chi connectivity index (χ0v) is 12.8. The Morgan fingerprint density at radius 2 is 1.70 bits per heavy atom. The number of nitrogens with zero attached hydrogens (tertiary/aromatic N) is 1. The fourth-order valence-electron chi connectivity index (χ4n) is 3.85. The number of aliphatic carboxylic acids is 1. The zero-order valence-electron chi connectivity index (χ0n) is 12.8. The second-order valence-electron chi connectivity index (χ2n) is 6.86. The number of hydrogen-bond donors (Lipinski definition) is 1. The van der Waals surface area contributed by atoms with Gasteiger partial charge in [0.25, 0.3) is 0 Å². The van der Waals surface area contributed by atoms with Gasteiger partial charge in [0.15, 0.2) is 0 Å². The molecule has 1 heterocycles. The van der Waals surface area contributed by atoms with E-state index in [1.54, 1.807) is 0 Å². The Labute approximate surface area is 121 Å². The Balaban J connectivity index is 1.91. The van der Waals surface area contributed by atoms with Gasteiger partial charge in [-0.25, -0.2) is 0 Å². The molecule has 2 unspecified atom stereocenters. The number of rotatable bonds is 3. The summed E-state index contributed by atoms with van der Waals surface area (Å²) in [6, 6.07) is -0.150. The van der Waals surface area contributed by atoms with E-state index in [4.69, 9.17) is 5.11 Å². The van der Waals surface area contributed by atoms with E-state index in [0.717, 1.165) is 31.6 Å². The maximum Gasteiger partial charge on any atom is 0.308 e. The van der Waals surface area contributed by atoms with E-state index in [1.165, 1.54) is 0 Å². The lowest BCUT2D eigenvalue weighted by atomic mass is 9.76. The summed E-state index contributed by atoms with van der Waals surface area (Å²) < 4.78 is 0. The average Bonchev–Trinajstić information content (AvgIpc) is 2.80. The molecule has 0 aromatic rings. The van der Waals surface area contributed by atoms with Gasteiger partial charge in [0.05, 0.1) is 5.92 Å². The number of carbonyl (C=O) groups excluding carboxylic acids is 1. The van der Waals surface area contributed by atoms with Crippen LogP contribution in [-0.4, -0.2) is 34.5 Å². The lowest BCUT2D eigenvalue weighted by Crippen LogP contribution is -2.42. The SMILES string of the molecule is CC(C)C1CCC(C(=O)N2CCC(C(=O)O)C2C)CC1. The van der Waals surface area contributed by atoms with Crippen molar-refractivity contribution in [2.75, 3.05) is 6.54 Å². The molecular weight excluding hydrogens is 254 g/mol. The molecule has 2 aliphatic rings. The summed E-state index contributed by atoms with van der Waals surface area (Å²) in [7, 11) is 0. The maximum atomic E-state index is 12.6. The van der Waals surface area contributed by atoms with E-state index >= 15 is 0 Å². The third-order valence-corrected chi connectivity index (χ3v) is 5.42. The minimum Gasteiger partial charge on any atom is -0.481 e. The fourth-order valence-corrected chi connectivity index (χ4v) is 3.85. The Morgan fingerprint density at radius 3 is 2.15 bits per heavy atom. The van der Waals surface area contributed by atoms with Crippen LogP contribution in [0, 0.1) is 23.7 Å². The van der Waals surface area contributed by atoms with E-state index in [-0.39, 0.29) is 23.8 Å². The van der Waals surface area contributed by atoms with Crippen LogP contribution < -0.4 is 0 Å². The first-order chi connectivity index (χ1) is 9.41. The number of carboxylic acid groups (broad SMARTS) is 1. The van der Waals surface area contributed by atoms with Crippen LogP contribution in [0.2, 0.25) is 0 Å². The Hall–Kier alpha value is -1.06. The molecule has 0 radical (unpaired) electrons. The Bertz CT molecular complexity index is 372. The molecule has 2 fully saturated rings. The van der Waals surface area contributed by atoms with Gasteiger partial charge in [-0.2, -0.15) is 0 Å². The number of hydrogen-bond acceptors (Lipinski definition) is 2. The topological polar surface area (TPSA) is 57.6 Å². The van der Waals surface area contributed by atoms with Crippen molar-refractivity contribution in [3.05, 3.63) is 0 Å². The summed E-state index contributed by atoms with van der Waals surface area (Å²) in [6.45, 7) is 7.00.